The smallest absolute Gasteiger partial charge is 0.219 e. The van der Waals surface area contributed by atoms with E-state index in [-0.39, 0.29) is 5.91 Å². The molecule has 2 fully saturated rings. The molecule has 0 aromatic carbocycles. The topological polar surface area (TPSA) is 35.6 Å². The van der Waals surface area contributed by atoms with Gasteiger partial charge in [-0.2, -0.15) is 0 Å². The Morgan fingerprint density at radius 1 is 1.18 bits per heavy atom. The molecule has 2 heterocycles. The molecule has 1 N–H and O–H groups in total. The first kappa shape index (κ1) is 12.8. The van der Waals surface area contributed by atoms with Crippen molar-refractivity contribution >= 4 is 5.91 Å². The standard InChI is InChI=1S/C13H25N3O/c1-12(17)16-10-8-15(9-11-16)7-4-13-2-5-14-6-3-13/h13-14H,2-11H2,1H3. The first-order valence-corrected chi connectivity index (χ1v) is 6.94. The molecule has 2 aliphatic heterocycles. The van der Waals surface area contributed by atoms with E-state index < -0.39 is 0 Å². The lowest BCUT2D eigenvalue weighted by molar-refractivity contribution is -0.130. The van der Waals surface area contributed by atoms with Crippen molar-refractivity contribution in [2.24, 2.45) is 5.92 Å². The van der Waals surface area contributed by atoms with Crippen LogP contribution in [0.3, 0.4) is 0 Å². The highest BCUT2D eigenvalue weighted by molar-refractivity contribution is 5.73. The number of hydrogen-bond donors (Lipinski definition) is 1. The molecule has 0 aromatic heterocycles. The average molecular weight is 239 g/mol. The van der Waals surface area contributed by atoms with Gasteiger partial charge < -0.3 is 10.2 Å². The minimum atomic E-state index is 0.225. The number of hydrogen-bond acceptors (Lipinski definition) is 3. The zero-order valence-corrected chi connectivity index (χ0v) is 11.0. The lowest BCUT2D eigenvalue weighted by Gasteiger charge is -2.35. The summed E-state index contributed by atoms with van der Waals surface area (Å²) < 4.78 is 0. The van der Waals surface area contributed by atoms with Crippen molar-refractivity contribution in [3.05, 3.63) is 0 Å². The number of carbonyl (C=O) groups is 1. The molecule has 0 radical (unpaired) electrons. The Balaban J connectivity index is 1.62. The number of piperidine rings is 1. The summed E-state index contributed by atoms with van der Waals surface area (Å²) in [5.41, 5.74) is 0. The van der Waals surface area contributed by atoms with Crippen molar-refractivity contribution in [3.63, 3.8) is 0 Å². The Hall–Kier alpha value is -0.610. The lowest BCUT2D eigenvalue weighted by Crippen LogP contribution is -2.48. The SMILES string of the molecule is CC(=O)N1CCN(CCC2CCNCC2)CC1. The van der Waals surface area contributed by atoms with Gasteiger partial charge in [-0.3, -0.25) is 9.69 Å². The molecule has 2 rings (SSSR count). The molecule has 4 heteroatoms. The van der Waals surface area contributed by atoms with Crippen LogP contribution >= 0.6 is 0 Å². The van der Waals surface area contributed by atoms with E-state index in [0.717, 1.165) is 32.1 Å². The summed E-state index contributed by atoms with van der Waals surface area (Å²) in [6.45, 7) is 9.24. The zero-order valence-electron chi connectivity index (χ0n) is 11.0. The third kappa shape index (κ3) is 3.96. The fraction of sp³-hybridized carbons (Fsp3) is 0.923. The average Bonchev–Trinajstić information content (AvgIpc) is 2.38. The minimum Gasteiger partial charge on any atom is -0.340 e. The van der Waals surface area contributed by atoms with E-state index in [1.54, 1.807) is 6.92 Å². The Morgan fingerprint density at radius 3 is 2.41 bits per heavy atom. The molecule has 0 aromatic rings. The Morgan fingerprint density at radius 2 is 1.82 bits per heavy atom. The molecule has 2 aliphatic rings. The molecule has 0 aliphatic carbocycles. The predicted octanol–water partition coefficient (Wildman–Crippen LogP) is 0.540. The summed E-state index contributed by atoms with van der Waals surface area (Å²) in [6.07, 6.45) is 4.02. The molecule has 0 bridgehead atoms. The van der Waals surface area contributed by atoms with Crippen molar-refractivity contribution < 1.29 is 4.79 Å². The summed E-state index contributed by atoms with van der Waals surface area (Å²) in [6, 6.07) is 0. The third-order valence-electron chi connectivity index (χ3n) is 4.13. The molecule has 17 heavy (non-hydrogen) atoms. The number of nitrogens with zero attached hydrogens (tertiary/aromatic N) is 2. The van der Waals surface area contributed by atoms with E-state index in [1.807, 2.05) is 4.90 Å². The third-order valence-corrected chi connectivity index (χ3v) is 4.13. The molecule has 98 valence electrons. The molecule has 1 amide bonds. The number of carbonyl (C=O) groups excluding carboxylic acids is 1. The van der Waals surface area contributed by atoms with E-state index in [0.29, 0.717) is 0 Å². The van der Waals surface area contributed by atoms with Crippen molar-refractivity contribution in [1.29, 1.82) is 0 Å². The van der Waals surface area contributed by atoms with Crippen LogP contribution in [0.4, 0.5) is 0 Å². The van der Waals surface area contributed by atoms with E-state index >= 15 is 0 Å². The molecule has 0 unspecified atom stereocenters. The minimum absolute atomic E-state index is 0.225. The number of piperazine rings is 1. The Bertz CT molecular complexity index is 243. The van der Waals surface area contributed by atoms with Crippen LogP contribution in [-0.2, 0) is 4.79 Å². The Labute approximate surface area is 104 Å². The first-order chi connectivity index (χ1) is 8.25. The molecule has 0 atom stereocenters. The number of rotatable bonds is 3. The van der Waals surface area contributed by atoms with Gasteiger partial charge in [0.1, 0.15) is 0 Å². The van der Waals surface area contributed by atoms with Gasteiger partial charge in [0.05, 0.1) is 0 Å². The van der Waals surface area contributed by atoms with Crippen LogP contribution in [0.2, 0.25) is 0 Å². The van der Waals surface area contributed by atoms with E-state index in [2.05, 4.69) is 10.2 Å². The van der Waals surface area contributed by atoms with Gasteiger partial charge in [-0.05, 0) is 44.8 Å². The van der Waals surface area contributed by atoms with Gasteiger partial charge in [-0.1, -0.05) is 0 Å². The van der Waals surface area contributed by atoms with Crippen molar-refractivity contribution in [2.45, 2.75) is 26.2 Å². The summed E-state index contributed by atoms with van der Waals surface area (Å²) in [5, 5.41) is 3.41. The fourth-order valence-corrected chi connectivity index (χ4v) is 2.82. The predicted molar refractivity (Wildman–Crippen MR) is 68.9 cm³/mol. The molecule has 4 nitrogen and oxygen atoms in total. The zero-order chi connectivity index (χ0) is 12.1. The second-order valence-electron chi connectivity index (χ2n) is 5.33. The van der Waals surface area contributed by atoms with Crippen LogP contribution in [0.1, 0.15) is 26.2 Å². The largest absolute Gasteiger partial charge is 0.340 e. The lowest BCUT2D eigenvalue weighted by atomic mass is 9.94. The number of amides is 1. The van der Waals surface area contributed by atoms with Gasteiger partial charge in [0, 0.05) is 33.1 Å². The monoisotopic (exact) mass is 239 g/mol. The van der Waals surface area contributed by atoms with Crippen molar-refractivity contribution in [3.8, 4) is 0 Å². The maximum Gasteiger partial charge on any atom is 0.219 e. The molecule has 0 spiro atoms. The van der Waals surface area contributed by atoms with Gasteiger partial charge >= 0.3 is 0 Å². The van der Waals surface area contributed by atoms with Gasteiger partial charge in [0.2, 0.25) is 5.91 Å². The van der Waals surface area contributed by atoms with Crippen LogP contribution < -0.4 is 5.32 Å². The summed E-state index contributed by atoms with van der Waals surface area (Å²) >= 11 is 0. The van der Waals surface area contributed by atoms with Gasteiger partial charge in [-0.25, -0.2) is 0 Å². The molecule has 0 saturated carbocycles. The first-order valence-electron chi connectivity index (χ1n) is 6.94. The highest BCUT2D eigenvalue weighted by atomic mass is 16.2. The van der Waals surface area contributed by atoms with Gasteiger partial charge in [0.25, 0.3) is 0 Å². The van der Waals surface area contributed by atoms with E-state index in [4.69, 9.17) is 0 Å². The summed E-state index contributed by atoms with van der Waals surface area (Å²) in [4.78, 5) is 15.7. The maximum atomic E-state index is 11.2. The quantitative estimate of drug-likeness (QED) is 0.781. The fourth-order valence-electron chi connectivity index (χ4n) is 2.82. The normalized spacial score (nSPS) is 23.9. The Kier molecular flexibility index (Phi) is 4.80. The van der Waals surface area contributed by atoms with Crippen LogP contribution in [0.25, 0.3) is 0 Å². The van der Waals surface area contributed by atoms with Gasteiger partial charge in [-0.15, -0.1) is 0 Å². The van der Waals surface area contributed by atoms with Crippen molar-refractivity contribution in [1.82, 2.24) is 15.1 Å². The van der Waals surface area contributed by atoms with Gasteiger partial charge in [0.15, 0.2) is 0 Å². The highest BCUT2D eigenvalue weighted by Crippen LogP contribution is 2.16. The van der Waals surface area contributed by atoms with E-state index in [1.165, 1.54) is 38.9 Å². The molecular formula is C13H25N3O. The van der Waals surface area contributed by atoms with E-state index in [9.17, 15) is 4.79 Å². The van der Waals surface area contributed by atoms with Crippen LogP contribution in [-0.4, -0.2) is 61.5 Å². The second-order valence-corrected chi connectivity index (χ2v) is 5.33. The highest BCUT2D eigenvalue weighted by Gasteiger charge is 2.20. The second kappa shape index (κ2) is 6.36. The number of nitrogens with one attached hydrogen (secondary N) is 1. The van der Waals surface area contributed by atoms with Crippen LogP contribution in [0, 0.1) is 5.92 Å². The summed E-state index contributed by atoms with van der Waals surface area (Å²) in [7, 11) is 0. The molecular weight excluding hydrogens is 214 g/mol. The summed E-state index contributed by atoms with van der Waals surface area (Å²) in [5.74, 6) is 1.14. The maximum absolute atomic E-state index is 11.2. The van der Waals surface area contributed by atoms with Crippen LogP contribution in [0.15, 0.2) is 0 Å². The van der Waals surface area contributed by atoms with Crippen LogP contribution in [0.5, 0.6) is 0 Å². The molecule has 2 saturated heterocycles. The van der Waals surface area contributed by atoms with Crippen molar-refractivity contribution in [2.75, 3.05) is 45.8 Å².